The molecule has 146 valence electrons. The number of hydrogen-bond acceptors (Lipinski definition) is 3. The summed E-state index contributed by atoms with van der Waals surface area (Å²) in [4.78, 5) is 12.2. The summed E-state index contributed by atoms with van der Waals surface area (Å²) in [6.07, 6.45) is -4.41. The molecule has 4 nitrogen and oxygen atoms in total. The lowest BCUT2D eigenvalue weighted by molar-refractivity contribution is -0.176. The van der Waals surface area contributed by atoms with Gasteiger partial charge in [-0.1, -0.05) is 23.7 Å². The molecule has 27 heavy (non-hydrogen) atoms. The highest BCUT2D eigenvalue weighted by Gasteiger charge is 2.27. The summed E-state index contributed by atoms with van der Waals surface area (Å²) in [7, 11) is 0. The average molecular weight is 410 g/mol. The Morgan fingerprint density at radius 2 is 1.78 bits per heavy atom. The maximum Gasteiger partial charge on any atom is 0.411 e. The second-order valence-electron chi connectivity index (χ2n) is 5.28. The third-order valence-electron chi connectivity index (χ3n) is 3.16. The molecule has 2 rings (SSSR count). The molecule has 2 aromatic carbocycles. The molecule has 0 atom stereocenters. The SMILES string of the molecule is O=C(Nc1ccc(OC(F)F)c(Cl)c1)c1ccc(COCC(F)(F)F)cc1. The van der Waals surface area contributed by atoms with Gasteiger partial charge in [0, 0.05) is 11.3 Å². The molecule has 0 aromatic heterocycles. The van der Waals surface area contributed by atoms with Crippen LogP contribution in [0.2, 0.25) is 5.02 Å². The predicted molar refractivity (Wildman–Crippen MR) is 88.2 cm³/mol. The standard InChI is InChI=1S/C17H13ClF5NO3/c18-13-7-12(5-6-14(13)27-16(19)20)24-15(25)11-3-1-10(2-4-11)8-26-9-17(21,22)23/h1-7,16H,8-9H2,(H,24,25). The van der Waals surface area contributed by atoms with E-state index in [0.29, 0.717) is 5.56 Å². The fraction of sp³-hybridized carbons (Fsp3) is 0.235. The number of anilines is 1. The van der Waals surface area contributed by atoms with Gasteiger partial charge in [0.1, 0.15) is 12.4 Å². The molecule has 0 aliphatic rings. The Kier molecular flexibility index (Phi) is 6.98. The van der Waals surface area contributed by atoms with E-state index in [1.54, 1.807) is 0 Å². The van der Waals surface area contributed by atoms with Crippen molar-refractivity contribution in [3.05, 3.63) is 58.6 Å². The van der Waals surface area contributed by atoms with E-state index in [2.05, 4.69) is 14.8 Å². The minimum absolute atomic E-state index is 0.106. The smallest absolute Gasteiger partial charge is 0.411 e. The third-order valence-corrected chi connectivity index (χ3v) is 3.45. The van der Waals surface area contributed by atoms with Gasteiger partial charge in [0.25, 0.3) is 5.91 Å². The monoisotopic (exact) mass is 409 g/mol. The third kappa shape index (κ3) is 7.03. The quantitative estimate of drug-likeness (QED) is 0.633. The second kappa shape index (κ2) is 9.01. The van der Waals surface area contributed by atoms with E-state index < -0.39 is 25.3 Å². The van der Waals surface area contributed by atoms with Gasteiger partial charge in [-0.15, -0.1) is 0 Å². The van der Waals surface area contributed by atoms with Crippen LogP contribution in [0.1, 0.15) is 15.9 Å². The molecule has 0 spiro atoms. The van der Waals surface area contributed by atoms with Crippen molar-refractivity contribution >= 4 is 23.2 Å². The minimum Gasteiger partial charge on any atom is -0.433 e. The normalized spacial score (nSPS) is 11.5. The fourth-order valence-electron chi connectivity index (χ4n) is 2.01. The molecule has 0 saturated heterocycles. The number of rotatable bonds is 7. The molecule has 1 amide bonds. The first kappa shape index (κ1) is 20.9. The van der Waals surface area contributed by atoms with E-state index in [4.69, 9.17) is 11.6 Å². The number of carbonyl (C=O) groups is 1. The molecule has 10 heteroatoms. The first-order chi connectivity index (χ1) is 12.6. The van der Waals surface area contributed by atoms with Gasteiger partial charge < -0.3 is 14.8 Å². The maximum atomic E-state index is 12.2. The van der Waals surface area contributed by atoms with Gasteiger partial charge in [0.05, 0.1) is 11.6 Å². The summed E-state index contributed by atoms with van der Waals surface area (Å²) in [5.74, 6) is -0.746. The summed E-state index contributed by atoms with van der Waals surface area (Å²) in [6.45, 7) is -4.63. The van der Waals surface area contributed by atoms with E-state index in [-0.39, 0.29) is 28.6 Å². The molecule has 0 saturated carbocycles. The highest BCUT2D eigenvalue weighted by Crippen LogP contribution is 2.29. The summed E-state index contributed by atoms with van der Waals surface area (Å²) < 4.78 is 69.1. The Bertz CT molecular complexity index is 781. The molecule has 0 aliphatic carbocycles. The molecule has 1 N–H and O–H groups in total. The summed E-state index contributed by atoms with van der Waals surface area (Å²) in [6, 6.07) is 9.51. The molecule has 0 bridgehead atoms. The number of nitrogens with one attached hydrogen (secondary N) is 1. The number of halogens is 6. The van der Waals surface area contributed by atoms with Crippen molar-refractivity contribution in [2.24, 2.45) is 0 Å². The van der Waals surface area contributed by atoms with E-state index in [1.807, 2.05) is 0 Å². The Balaban J connectivity index is 1.95. The first-order valence-electron chi connectivity index (χ1n) is 7.43. The number of hydrogen-bond donors (Lipinski definition) is 1. The van der Waals surface area contributed by atoms with Gasteiger partial charge in [0.2, 0.25) is 0 Å². The zero-order valence-corrected chi connectivity index (χ0v) is 14.3. The molecular formula is C17H13ClF5NO3. The van der Waals surface area contributed by atoms with Crippen LogP contribution in [-0.4, -0.2) is 25.3 Å². The minimum atomic E-state index is -4.41. The Labute approximate surface area is 155 Å². The van der Waals surface area contributed by atoms with Gasteiger partial charge in [-0.3, -0.25) is 4.79 Å². The molecule has 0 unspecified atom stereocenters. The van der Waals surface area contributed by atoms with E-state index in [0.717, 1.165) is 0 Å². The van der Waals surface area contributed by atoms with Crippen LogP contribution in [0, 0.1) is 0 Å². The fourth-order valence-corrected chi connectivity index (χ4v) is 2.24. The molecule has 0 radical (unpaired) electrons. The van der Waals surface area contributed by atoms with Crippen LogP contribution < -0.4 is 10.1 Å². The van der Waals surface area contributed by atoms with Gasteiger partial charge in [-0.25, -0.2) is 0 Å². The summed E-state index contributed by atoms with van der Waals surface area (Å²) in [5, 5.41) is 2.41. The largest absolute Gasteiger partial charge is 0.433 e. The summed E-state index contributed by atoms with van der Waals surface area (Å²) >= 11 is 5.80. The molecular weight excluding hydrogens is 397 g/mol. The van der Waals surface area contributed by atoms with Crippen molar-refractivity contribution in [2.45, 2.75) is 19.4 Å². The Morgan fingerprint density at radius 1 is 1.11 bits per heavy atom. The number of amides is 1. The Hall–Kier alpha value is -2.39. The Morgan fingerprint density at radius 3 is 2.33 bits per heavy atom. The topological polar surface area (TPSA) is 47.6 Å². The van der Waals surface area contributed by atoms with Crippen molar-refractivity contribution in [3.8, 4) is 5.75 Å². The van der Waals surface area contributed by atoms with Crippen LogP contribution in [-0.2, 0) is 11.3 Å². The van der Waals surface area contributed by atoms with Crippen LogP contribution in [0.5, 0.6) is 5.75 Å². The molecule has 0 aliphatic heterocycles. The van der Waals surface area contributed by atoms with Gasteiger partial charge >= 0.3 is 12.8 Å². The van der Waals surface area contributed by atoms with Crippen molar-refractivity contribution in [1.29, 1.82) is 0 Å². The van der Waals surface area contributed by atoms with Crippen LogP contribution >= 0.6 is 11.6 Å². The molecule has 0 fully saturated rings. The zero-order chi connectivity index (χ0) is 20.0. The highest BCUT2D eigenvalue weighted by atomic mass is 35.5. The van der Waals surface area contributed by atoms with Gasteiger partial charge in [-0.2, -0.15) is 22.0 Å². The van der Waals surface area contributed by atoms with E-state index in [9.17, 15) is 26.7 Å². The average Bonchev–Trinajstić information content (AvgIpc) is 2.56. The van der Waals surface area contributed by atoms with E-state index >= 15 is 0 Å². The number of ether oxygens (including phenoxy) is 2. The number of alkyl halides is 5. The van der Waals surface area contributed by atoms with Crippen molar-refractivity contribution in [1.82, 2.24) is 0 Å². The lowest BCUT2D eigenvalue weighted by Gasteiger charge is -2.10. The maximum absolute atomic E-state index is 12.2. The van der Waals surface area contributed by atoms with Crippen LogP contribution in [0.4, 0.5) is 27.6 Å². The molecule has 0 heterocycles. The van der Waals surface area contributed by atoms with Crippen molar-refractivity contribution in [2.75, 3.05) is 11.9 Å². The lowest BCUT2D eigenvalue weighted by Crippen LogP contribution is -2.16. The number of benzene rings is 2. The lowest BCUT2D eigenvalue weighted by atomic mass is 10.1. The van der Waals surface area contributed by atoms with E-state index in [1.165, 1.54) is 42.5 Å². The second-order valence-corrected chi connectivity index (χ2v) is 5.69. The highest BCUT2D eigenvalue weighted by molar-refractivity contribution is 6.32. The predicted octanol–water partition coefficient (Wildman–Crippen LogP) is 5.27. The van der Waals surface area contributed by atoms with Crippen molar-refractivity contribution in [3.63, 3.8) is 0 Å². The zero-order valence-electron chi connectivity index (χ0n) is 13.5. The first-order valence-corrected chi connectivity index (χ1v) is 7.81. The van der Waals surface area contributed by atoms with Crippen molar-refractivity contribution < 1.29 is 36.2 Å². The van der Waals surface area contributed by atoms with Crippen LogP contribution in [0.15, 0.2) is 42.5 Å². The van der Waals surface area contributed by atoms with Crippen LogP contribution in [0.25, 0.3) is 0 Å². The number of carbonyl (C=O) groups excluding carboxylic acids is 1. The van der Waals surface area contributed by atoms with Crippen LogP contribution in [0.3, 0.4) is 0 Å². The summed E-state index contributed by atoms with van der Waals surface area (Å²) in [5.41, 5.74) is 0.954. The van der Waals surface area contributed by atoms with Gasteiger partial charge in [-0.05, 0) is 35.9 Å². The molecule has 2 aromatic rings. The van der Waals surface area contributed by atoms with Gasteiger partial charge in [0.15, 0.2) is 0 Å².